The highest BCUT2D eigenvalue weighted by Gasteiger charge is 2.21. The lowest BCUT2D eigenvalue weighted by Gasteiger charge is -2.07. The molecule has 0 atom stereocenters. The van der Waals surface area contributed by atoms with Gasteiger partial charge in [0, 0.05) is 28.4 Å². The second-order valence-electron chi connectivity index (χ2n) is 6.90. The number of carbonyl (C=O) groups is 1. The van der Waals surface area contributed by atoms with Crippen molar-refractivity contribution in [2.45, 2.75) is 20.1 Å². The molecule has 0 aliphatic rings. The molecule has 10 heteroatoms. The van der Waals surface area contributed by atoms with Gasteiger partial charge in [0.25, 0.3) is 5.91 Å². The molecule has 0 aliphatic heterocycles. The Bertz CT molecular complexity index is 1270. The third-order valence-corrected chi connectivity index (χ3v) is 5.20. The minimum Gasteiger partial charge on any atom is -0.489 e. The molecule has 0 fully saturated rings. The molecule has 0 saturated heterocycles. The Balaban J connectivity index is 1.43. The van der Waals surface area contributed by atoms with Crippen LogP contribution in [-0.2, 0) is 13.2 Å². The fourth-order valence-electron chi connectivity index (χ4n) is 2.97. The van der Waals surface area contributed by atoms with E-state index < -0.39 is 11.7 Å². The van der Waals surface area contributed by atoms with Crippen molar-refractivity contribution in [3.05, 3.63) is 93.2 Å². The molecule has 2 heterocycles. The third-order valence-electron chi connectivity index (χ3n) is 4.61. The Hall–Kier alpha value is -3.36. The number of hydrogen-bond acceptors (Lipinski definition) is 5. The van der Waals surface area contributed by atoms with E-state index in [1.165, 1.54) is 18.2 Å². The van der Waals surface area contributed by atoms with Crippen LogP contribution in [0, 0.1) is 12.7 Å². The van der Waals surface area contributed by atoms with Crippen LogP contribution in [0.1, 0.15) is 27.4 Å². The number of aromatic nitrogens is 3. The van der Waals surface area contributed by atoms with Crippen LogP contribution in [-0.4, -0.2) is 20.8 Å². The highest BCUT2D eigenvalue weighted by Crippen LogP contribution is 2.22. The quantitative estimate of drug-likeness (QED) is 0.382. The summed E-state index contributed by atoms with van der Waals surface area (Å²) in [5, 5.41) is 11.9. The lowest BCUT2D eigenvalue weighted by atomic mass is 10.2. The Morgan fingerprint density at radius 1 is 1.22 bits per heavy atom. The third kappa shape index (κ3) is 5.09. The van der Waals surface area contributed by atoms with Crippen molar-refractivity contribution in [2.24, 2.45) is 0 Å². The number of amides is 1. The van der Waals surface area contributed by atoms with Crippen LogP contribution in [0.3, 0.4) is 0 Å². The first-order chi connectivity index (χ1) is 15.4. The smallest absolute Gasteiger partial charge is 0.279 e. The second-order valence-corrected chi connectivity index (χ2v) is 7.74. The number of anilines is 1. The van der Waals surface area contributed by atoms with Crippen molar-refractivity contribution < 1.29 is 18.4 Å². The van der Waals surface area contributed by atoms with Crippen LogP contribution >= 0.6 is 23.2 Å². The molecule has 1 amide bonds. The van der Waals surface area contributed by atoms with Gasteiger partial charge >= 0.3 is 0 Å². The van der Waals surface area contributed by atoms with Crippen LogP contribution in [0.5, 0.6) is 5.75 Å². The lowest BCUT2D eigenvalue weighted by Crippen LogP contribution is -2.16. The van der Waals surface area contributed by atoms with Gasteiger partial charge in [-0.15, -0.1) is 0 Å². The number of hydrogen-bond donors (Lipinski definition) is 1. The number of aryl methyl sites for hydroxylation is 1. The summed E-state index contributed by atoms with van der Waals surface area (Å²) in [5.74, 6) is 0.163. The Morgan fingerprint density at radius 2 is 2.06 bits per heavy atom. The average Bonchev–Trinajstić information content (AvgIpc) is 3.34. The average molecular weight is 475 g/mol. The summed E-state index contributed by atoms with van der Waals surface area (Å²) < 4.78 is 25.7. The molecule has 164 valence electrons. The zero-order valence-corrected chi connectivity index (χ0v) is 18.3. The van der Waals surface area contributed by atoms with Crippen molar-refractivity contribution in [3.8, 4) is 5.75 Å². The Kier molecular flexibility index (Phi) is 6.43. The Morgan fingerprint density at radius 3 is 2.84 bits per heavy atom. The van der Waals surface area contributed by atoms with Gasteiger partial charge in [-0.3, -0.25) is 9.48 Å². The van der Waals surface area contributed by atoms with Crippen molar-refractivity contribution in [2.75, 3.05) is 5.32 Å². The van der Waals surface area contributed by atoms with Gasteiger partial charge in [0.2, 0.25) is 0 Å². The molecule has 32 heavy (non-hydrogen) atoms. The van der Waals surface area contributed by atoms with Crippen molar-refractivity contribution in [1.82, 2.24) is 14.9 Å². The van der Waals surface area contributed by atoms with E-state index in [0.29, 0.717) is 39.5 Å². The highest BCUT2D eigenvalue weighted by atomic mass is 35.5. The summed E-state index contributed by atoms with van der Waals surface area (Å²) in [6.45, 7) is 2.06. The largest absolute Gasteiger partial charge is 0.489 e. The summed E-state index contributed by atoms with van der Waals surface area (Å²) >= 11 is 12.1. The van der Waals surface area contributed by atoms with Gasteiger partial charge in [0.15, 0.2) is 11.5 Å². The van der Waals surface area contributed by atoms with Crippen LogP contribution < -0.4 is 10.1 Å². The summed E-state index contributed by atoms with van der Waals surface area (Å²) in [4.78, 5) is 12.7. The Labute approximate surface area is 192 Å². The van der Waals surface area contributed by atoms with E-state index in [9.17, 15) is 9.18 Å². The summed E-state index contributed by atoms with van der Waals surface area (Å²) in [5.41, 5.74) is 1.36. The van der Waals surface area contributed by atoms with E-state index in [2.05, 4.69) is 15.6 Å². The first kappa shape index (κ1) is 21.9. The van der Waals surface area contributed by atoms with E-state index in [0.717, 1.165) is 5.56 Å². The molecule has 0 spiro atoms. The van der Waals surface area contributed by atoms with Crippen molar-refractivity contribution >= 4 is 34.9 Å². The molecule has 0 aliphatic carbocycles. The van der Waals surface area contributed by atoms with Crippen molar-refractivity contribution in [1.29, 1.82) is 0 Å². The molecule has 7 nitrogen and oxygen atoms in total. The van der Waals surface area contributed by atoms with E-state index in [4.69, 9.17) is 32.5 Å². The number of carbonyl (C=O) groups excluding carboxylic acids is 1. The number of ether oxygens (including phenoxy) is 1. The van der Waals surface area contributed by atoms with Gasteiger partial charge < -0.3 is 14.6 Å². The maximum atomic E-state index is 13.3. The number of benzene rings is 2. The molecule has 4 rings (SSSR count). The summed E-state index contributed by atoms with van der Waals surface area (Å²) in [7, 11) is 0. The molecule has 0 bridgehead atoms. The molecule has 1 N–H and O–H groups in total. The van der Waals surface area contributed by atoms with Crippen molar-refractivity contribution in [3.63, 3.8) is 0 Å². The van der Waals surface area contributed by atoms with Crippen LogP contribution in [0.25, 0.3) is 0 Å². The standard InChI is InChI=1S/C22H17Cl2FN4O3/c1-13-18(12-31-17-4-2-3-16(25)10-17)21(28-32-13)22(30)26-20-7-8-29(27-20)11-14-5-6-15(23)9-19(14)24/h2-10H,11-12H2,1H3,(H,26,27,30). The number of nitrogens with zero attached hydrogens (tertiary/aromatic N) is 3. The summed E-state index contributed by atoms with van der Waals surface area (Å²) in [6.07, 6.45) is 1.71. The number of nitrogens with one attached hydrogen (secondary N) is 1. The van der Waals surface area contributed by atoms with E-state index in [1.807, 2.05) is 6.07 Å². The molecule has 2 aromatic carbocycles. The maximum absolute atomic E-state index is 13.3. The normalized spacial score (nSPS) is 10.9. The first-order valence-corrected chi connectivity index (χ1v) is 10.3. The predicted molar refractivity (Wildman–Crippen MR) is 118 cm³/mol. The SMILES string of the molecule is Cc1onc(C(=O)Nc2ccn(Cc3ccc(Cl)cc3Cl)n2)c1COc1cccc(F)c1. The molecule has 0 unspecified atom stereocenters. The van der Waals surface area contributed by atoms with Crippen LogP contribution in [0.4, 0.5) is 10.2 Å². The lowest BCUT2D eigenvalue weighted by molar-refractivity contribution is 0.101. The second kappa shape index (κ2) is 9.42. The fourth-order valence-corrected chi connectivity index (χ4v) is 3.44. The first-order valence-electron chi connectivity index (χ1n) is 9.51. The van der Waals surface area contributed by atoms with E-state index in [-0.39, 0.29) is 12.3 Å². The number of halogens is 3. The van der Waals surface area contributed by atoms with Gasteiger partial charge in [-0.05, 0) is 36.8 Å². The van der Waals surface area contributed by atoms with Gasteiger partial charge in [-0.2, -0.15) is 5.10 Å². The fraction of sp³-hybridized carbons (Fsp3) is 0.136. The molecule has 0 saturated carbocycles. The van der Waals surface area contributed by atoms with Gasteiger partial charge in [-0.1, -0.05) is 40.5 Å². The molecule has 4 aromatic rings. The molecular formula is C22H17Cl2FN4O3. The van der Waals surface area contributed by atoms with Gasteiger partial charge in [-0.25, -0.2) is 4.39 Å². The van der Waals surface area contributed by atoms with Gasteiger partial charge in [0.05, 0.1) is 12.1 Å². The predicted octanol–water partition coefficient (Wildman–Crippen LogP) is 5.51. The topological polar surface area (TPSA) is 82.2 Å². The minimum absolute atomic E-state index is 0.00888. The zero-order valence-electron chi connectivity index (χ0n) is 16.8. The number of rotatable bonds is 7. The zero-order chi connectivity index (χ0) is 22.7. The monoisotopic (exact) mass is 474 g/mol. The molecular weight excluding hydrogens is 458 g/mol. The maximum Gasteiger partial charge on any atom is 0.279 e. The minimum atomic E-state index is -0.505. The molecule has 0 radical (unpaired) electrons. The van der Waals surface area contributed by atoms with E-state index >= 15 is 0 Å². The van der Waals surface area contributed by atoms with Crippen LogP contribution in [0.2, 0.25) is 10.0 Å². The highest BCUT2D eigenvalue weighted by molar-refractivity contribution is 6.35. The van der Waals surface area contributed by atoms with Gasteiger partial charge in [0.1, 0.15) is 23.9 Å². The molecule has 2 aromatic heterocycles. The van der Waals surface area contributed by atoms with E-state index in [1.54, 1.807) is 42.1 Å². The summed E-state index contributed by atoms with van der Waals surface area (Å²) in [6, 6.07) is 12.6. The van der Waals surface area contributed by atoms with Crippen LogP contribution in [0.15, 0.2) is 59.3 Å².